The Morgan fingerprint density at radius 1 is 1.45 bits per heavy atom. The minimum Gasteiger partial charge on any atom is -0.488 e. The molecule has 0 saturated heterocycles. The molecular weight excluding hydrogens is 304 g/mol. The second kappa shape index (κ2) is 7.79. The number of esters is 1. The topological polar surface area (TPSA) is 79.1 Å². The van der Waals surface area contributed by atoms with Gasteiger partial charge < -0.3 is 9.47 Å². The highest BCUT2D eigenvalue weighted by atomic mass is 32.2. The van der Waals surface area contributed by atoms with Crippen molar-refractivity contribution < 1.29 is 14.3 Å². The molecule has 0 radical (unpaired) electrons. The average molecular weight is 322 g/mol. The molecule has 0 aliphatic heterocycles. The number of carbonyl (C=O) groups is 1. The number of hydrogen-bond donors (Lipinski definition) is 0. The van der Waals surface area contributed by atoms with E-state index in [9.17, 15) is 4.79 Å². The van der Waals surface area contributed by atoms with Crippen LogP contribution in [0.15, 0.2) is 29.8 Å². The zero-order chi connectivity index (χ0) is 15.9. The van der Waals surface area contributed by atoms with E-state index in [1.807, 2.05) is 13.8 Å². The summed E-state index contributed by atoms with van der Waals surface area (Å²) in [6.45, 7) is 6.04. The maximum Gasteiger partial charge on any atom is 0.316 e. The fraction of sp³-hybridized carbons (Fsp3) is 0.429. The van der Waals surface area contributed by atoms with Crippen molar-refractivity contribution in [2.24, 2.45) is 0 Å². The van der Waals surface area contributed by atoms with E-state index in [0.29, 0.717) is 23.3 Å². The Bertz CT molecular complexity index is 630. The number of ether oxygens (including phenoxy) is 2. The number of thioether (sulfide) groups is 1. The molecule has 7 nitrogen and oxygen atoms in total. The number of nitrogens with zero attached hydrogens (tertiary/aromatic N) is 4. The molecule has 0 bridgehead atoms. The minimum absolute atomic E-state index is 0.0822. The Balaban J connectivity index is 2.04. The molecule has 0 aliphatic rings. The molecule has 2 rings (SSSR count). The van der Waals surface area contributed by atoms with Crippen molar-refractivity contribution >= 4 is 17.7 Å². The molecule has 22 heavy (non-hydrogen) atoms. The number of hydrogen-bond acceptors (Lipinski definition) is 7. The quantitative estimate of drug-likeness (QED) is 0.439. The lowest BCUT2D eigenvalue weighted by Crippen LogP contribution is -2.07. The Morgan fingerprint density at radius 2 is 2.27 bits per heavy atom. The third-order valence-electron chi connectivity index (χ3n) is 2.41. The van der Waals surface area contributed by atoms with Crippen molar-refractivity contribution in [1.29, 1.82) is 0 Å². The van der Waals surface area contributed by atoms with Gasteiger partial charge in [-0.15, -0.1) is 0 Å². The van der Waals surface area contributed by atoms with Crippen molar-refractivity contribution in [2.45, 2.75) is 32.0 Å². The molecule has 0 N–H and O–H groups in total. The summed E-state index contributed by atoms with van der Waals surface area (Å²) in [4.78, 5) is 19.8. The van der Waals surface area contributed by atoms with E-state index in [4.69, 9.17) is 9.47 Å². The van der Waals surface area contributed by atoms with Crippen molar-refractivity contribution in [2.75, 3.05) is 12.4 Å². The second-order valence-electron chi connectivity index (χ2n) is 4.58. The van der Waals surface area contributed by atoms with Crippen molar-refractivity contribution in [3.63, 3.8) is 0 Å². The van der Waals surface area contributed by atoms with E-state index in [2.05, 4.69) is 15.1 Å². The molecule has 0 unspecified atom stereocenters. The van der Waals surface area contributed by atoms with E-state index in [1.165, 1.54) is 11.8 Å². The summed E-state index contributed by atoms with van der Waals surface area (Å²) in [5.41, 5.74) is 0. The molecule has 2 aromatic rings. The van der Waals surface area contributed by atoms with Crippen LogP contribution in [0.4, 0.5) is 0 Å². The van der Waals surface area contributed by atoms with Crippen molar-refractivity contribution in [3.05, 3.63) is 24.7 Å². The highest BCUT2D eigenvalue weighted by Gasteiger charge is 2.08. The monoisotopic (exact) mass is 322 g/mol. The third kappa shape index (κ3) is 4.73. The van der Waals surface area contributed by atoms with Gasteiger partial charge in [-0.3, -0.25) is 4.79 Å². The Hall–Kier alpha value is -2.09. The summed E-state index contributed by atoms with van der Waals surface area (Å²) < 4.78 is 12.0. The van der Waals surface area contributed by atoms with E-state index >= 15 is 0 Å². The van der Waals surface area contributed by atoms with Gasteiger partial charge in [0, 0.05) is 12.3 Å². The molecule has 2 aromatic heterocycles. The van der Waals surface area contributed by atoms with E-state index in [0.717, 1.165) is 0 Å². The molecule has 8 heteroatoms. The van der Waals surface area contributed by atoms with Gasteiger partial charge in [0.15, 0.2) is 16.7 Å². The highest BCUT2D eigenvalue weighted by molar-refractivity contribution is 7.99. The maximum atomic E-state index is 11.3. The molecule has 118 valence electrons. The van der Waals surface area contributed by atoms with Crippen LogP contribution in [0, 0.1) is 0 Å². The van der Waals surface area contributed by atoms with Crippen LogP contribution in [0.25, 0.3) is 5.82 Å². The van der Waals surface area contributed by atoms with Gasteiger partial charge in [-0.05, 0) is 20.8 Å². The first-order chi connectivity index (χ1) is 10.6. The summed E-state index contributed by atoms with van der Waals surface area (Å²) in [6, 6.07) is 1.74. The van der Waals surface area contributed by atoms with Crippen LogP contribution in [0.5, 0.6) is 5.75 Å². The van der Waals surface area contributed by atoms with Crippen LogP contribution in [-0.2, 0) is 9.53 Å². The van der Waals surface area contributed by atoms with Gasteiger partial charge in [0.05, 0.1) is 30.9 Å². The van der Waals surface area contributed by atoms with Crippen LogP contribution in [0.3, 0.4) is 0 Å². The molecule has 2 heterocycles. The molecule has 0 spiro atoms. The summed E-state index contributed by atoms with van der Waals surface area (Å²) in [5, 5.41) is 4.70. The standard InChI is InChI=1S/C14H18N4O3S/c1-4-20-13(19)9-22-14-15-6-5-12(17-14)18-8-11(7-16-18)21-10(2)3/h5-8,10H,4,9H2,1-3H3. The summed E-state index contributed by atoms with van der Waals surface area (Å²) in [6.07, 6.45) is 5.09. The lowest BCUT2D eigenvalue weighted by atomic mass is 10.5. The number of carbonyl (C=O) groups excluding carboxylic acids is 1. The predicted molar refractivity (Wildman–Crippen MR) is 82.3 cm³/mol. The van der Waals surface area contributed by atoms with Crippen LogP contribution in [0.2, 0.25) is 0 Å². The van der Waals surface area contributed by atoms with Gasteiger partial charge >= 0.3 is 5.97 Å². The van der Waals surface area contributed by atoms with Gasteiger partial charge in [0.1, 0.15) is 0 Å². The summed E-state index contributed by atoms with van der Waals surface area (Å²) >= 11 is 1.23. The Kier molecular flexibility index (Phi) is 5.76. The van der Waals surface area contributed by atoms with E-state index in [1.54, 1.807) is 36.3 Å². The van der Waals surface area contributed by atoms with Crippen molar-refractivity contribution in [1.82, 2.24) is 19.7 Å². The molecule has 0 fully saturated rings. The second-order valence-corrected chi connectivity index (χ2v) is 5.52. The lowest BCUT2D eigenvalue weighted by molar-refractivity contribution is -0.139. The first-order valence-corrected chi connectivity index (χ1v) is 7.90. The molecule has 0 saturated carbocycles. The molecular formula is C14H18N4O3S. The van der Waals surface area contributed by atoms with E-state index in [-0.39, 0.29) is 17.8 Å². The van der Waals surface area contributed by atoms with Crippen LogP contribution < -0.4 is 4.74 Å². The molecule has 0 aromatic carbocycles. The average Bonchev–Trinajstić information content (AvgIpc) is 2.93. The number of rotatable bonds is 7. The van der Waals surface area contributed by atoms with Gasteiger partial charge in [0.2, 0.25) is 0 Å². The first-order valence-electron chi connectivity index (χ1n) is 6.91. The van der Waals surface area contributed by atoms with Crippen LogP contribution in [-0.4, -0.2) is 44.2 Å². The first kappa shape index (κ1) is 16.3. The smallest absolute Gasteiger partial charge is 0.316 e. The highest BCUT2D eigenvalue weighted by Crippen LogP contribution is 2.17. The zero-order valence-electron chi connectivity index (χ0n) is 12.7. The molecule has 0 aliphatic carbocycles. The fourth-order valence-electron chi connectivity index (χ4n) is 1.62. The Labute approximate surface area is 133 Å². The Morgan fingerprint density at radius 3 is 3.00 bits per heavy atom. The predicted octanol–water partition coefficient (Wildman–Crippen LogP) is 2.10. The van der Waals surface area contributed by atoms with E-state index < -0.39 is 0 Å². The van der Waals surface area contributed by atoms with Crippen LogP contribution >= 0.6 is 11.8 Å². The number of aromatic nitrogens is 4. The fourth-order valence-corrected chi connectivity index (χ4v) is 2.24. The van der Waals surface area contributed by atoms with Gasteiger partial charge in [-0.1, -0.05) is 11.8 Å². The van der Waals surface area contributed by atoms with Crippen molar-refractivity contribution in [3.8, 4) is 11.6 Å². The minimum atomic E-state index is -0.284. The van der Waals surface area contributed by atoms with Gasteiger partial charge in [-0.2, -0.15) is 5.10 Å². The molecule has 0 atom stereocenters. The SMILES string of the molecule is CCOC(=O)CSc1nccc(-n2cc(OC(C)C)cn2)n1. The maximum absolute atomic E-state index is 11.3. The lowest BCUT2D eigenvalue weighted by Gasteiger charge is -2.05. The normalized spacial score (nSPS) is 10.7. The largest absolute Gasteiger partial charge is 0.488 e. The summed E-state index contributed by atoms with van der Waals surface area (Å²) in [5.74, 6) is 1.18. The third-order valence-corrected chi connectivity index (χ3v) is 3.24. The summed E-state index contributed by atoms with van der Waals surface area (Å²) in [7, 11) is 0. The van der Waals surface area contributed by atoms with Crippen LogP contribution in [0.1, 0.15) is 20.8 Å². The zero-order valence-corrected chi connectivity index (χ0v) is 13.5. The van der Waals surface area contributed by atoms with Gasteiger partial charge in [0.25, 0.3) is 0 Å². The molecule has 0 amide bonds. The van der Waals surface area contributed by atoms with Gasteiger partial charge in [-0.25, -0.2) is 14.6 Å².